The van der Waals surface area contributed by atoms with Crippen LogP contribution in [0.15, 0.2) is 42.5 Å². The highest BCUT2D eigenvalue weighted by molar-refractivity contribution is 6.05. The molecule has 0 aliphatic carbocycles. The third kappa shape index (κ3) is 3.97. The van der Waals surface area contributed by atoms with Gasteiger partial charge in [-0.15, -0.1) is 0 Å². The zero-order chi connectivity index (χ0) is 19.4. The van der Waals surface area contributed by atoms with E-state index >= 15 is 0 Å². The number of hydrogen-bond acceptors (Lipinski definition) is 5. The smallest absolute Gasteiger partial charge is 0.340 e. The first kappa shape index (κ1) is 18.6. The van der Waals surface area contributed by atoms with Crippen LogP contribution in [0.1, 0.15) is 33.6 Å². The van der Waals surface area contributed by atoms with Crippen molar-refractivity contribution in [1.82, 2.24) is 0 Å². The number of Topliss-reactive ketones (excluding diaryl/α,β-unsaturated/α-hetero) is 1. The van der Waals surface area contributed by atoms with Crippen LogP contribution < -0.4 is 9.64 Å². The Hall–Kier alpha value is -3.22. The summed E-state index contributed by atoms with van der Waals surface area (Å²) >= 11 is 0. The molecule has 7 heteroatoms. The lowest BCUT2D eigenvalue weighted by Crippen LogP contribution is -2.26. The molecule has 2 aromatic rings. The Morgan fingerprint density at radius 1 is 1.15 bits per heavy atom. The van der Waals surface area contributed by atoms with Crippen LogP contribution in [-0.4, -0.2) is 37.9 Å². The zero-order valence-corrected chi connectivity index (χ0v) is 14.7. The Morgan fingerprint density at radius 3 is 2.63 bits per heavy atom. The number of para-hydroxylation sites is 1. The number of rotatable bonds is 6. The quantitative estimate of drug-likeness (QED) is 0.577. The number of anilines is 1. The molecule has 0 saturated carbocycles. The third-order valence-electron chi connectivity index (χ3n) is 4.28. The van der Waals surface area contributed by atoms with Crippen LogP contribution in [0.5, 0.6) is 5.75 Å². The third-order valence-corrected chi connectivity index (χ3v) is 4.28. The summed E-state index contributed by atoms with van der Waals surface area (Å²) in [4.78, 5) is 38.3. The summed E-state index contributed by atoms with van der Waals surface area (Å²) in [5.41, 5.74) is 0.654. The number of amides is 1. The molecule has 0 bridgehead atoms. The Balaban J connectivity index is 1.75. The van der Waals surface area contributed by atoms with Crippen molar-refractivity contribution in [2.75, 3.05) is 25.2 Å². The lowest BCUT2D eigenvalue weighted by Gasteiger charge is -2.18. The molecule has 2 aromatic carbocycles. The van der Waals surface area contributed by atoms with Gasteiger partial charge in [0.2, 0.25) is 11.7 Å². The normalized spacial score (nSPS) is 13.6. The first-order valence-corrected chi connectivity index (χ1v) is 8.44. The second-order valence-corrected chi connectivity index (χ2v) is 6.01. The van der Waals surface area contributed by atoms with E-state index in [-0.39, 0.29) is 22.8 Å². The average Bonchev–Trinajstić information content (AvgIpc) is 3.11. The van der Waals surface area contributed by atoms with E-state index < -0.39 is 24.2 Å². The lowest BCUT2D eigenvalue weighted by molar-refractivity contribution is -0.117. The van der Waals surface area contributed by atoms with Crippen molar-refractivity contribution in [3.05, 3.63) is 59.4 Å². The van der Waals surface area contributed by atoms with Gasteiger partial charge < -0.3 is 14.4 Å². The van der Waals surface area contributed by atoms with E-state index in [9.17, 15) is 18.8 Å². The second kappa shape index (κ2) is 7.99. The van der Waals surface area contributed by atoms with E-state index in [4.69, 9.17) is 9.47 Å². The molecule has 3 rings (SSSR count). The van der Waals surface area contributed by atoms with Crippen LogP contribution >= 0.6 is 0 Å². The maximum Gasteiger partial charge on any atom is 0.340 e. The van der Waals surface area contributed by atoms with Crippen molar-refractivity contribution < 1.29 is 28.2 Å². The highest BCUT2D eigenvalue weighted by Crippen LogP contribution is 2.26. The minimum atomic E-state index is -0.728. The largest absolute Gasteiger partial charge is 0.496 e. The zero-order valence-electron chi connectivity index (χ0n) is 14.7. The molecule has 0 atom stereocenters. The summed E-state index contributed by atoms with van der Waals surface area (Å²) in [5, 5.41) is 0. The van der Waals surface area contributed by atoms with Crippen molar-refractivity contribution in [1.29, 1.82) is 0 Å². The van der Waals surface area contributed by atoms with Crippen LogP contribution in [0.4, 0.5) is 10.1 Å². The molecule has 0 unspecified atom stereocenters. The van der Waals surface area contributed by atoms with Crippen LogP contribution in [0.3, 0.4) is 0 Å². The van der Waals surface area contributed by atoms with E-state index in [1.54, 1.807) is 18.2 Å². The van der Waals surface area contributed by atoms with Gasteiger partial charge in [-0.05, 0) is 36.8 Å². The van der Waals surface area contributed by atoms with Gasteiger partial charge in [0.05, 0.1) is 23.9 Å². The van der Waals surface area contributed by atoms with E-state index in [2.05, 4.69) is 0 Å². The predicted molar refractivity (Wildman–Crippen MR) is 95.6 cm³/mol. The van der Waals surface area contributed by atoms with Crippen LogP contribution in [0, 0.1) is 5.82 Å². The molecule has 1 amide bonds. The monoisotopic (exact) mass is 371 g/mol. The predicted octanol–water partition coefficient (Wildman–Crippen LogP) is 3.00. The summed E-state index contributed by atoms with van der Waals surface area (Å²) in [6.07, 6.45) is 1.15. The van der Waals surface area contributed by atoms with Crippen molar-refractivity contribution in [3.8, 4) is 5.75 Å². The fourth-order valence-electron chi connectivity index (χ4n) is 2.97. The number of hydrogen-bond donors (Lipinski definition) is 0. The number of carbonyl (C=O) groups excluding carboxylic acids is 3. The number of ether oxygens (including phenoxy) is 2. The van der Waals surface area contributed by atoms with Crippen molar-refractivity contribution in [2.45, 2.75) is 12.8 Å². The van der Waals surface area contributed by atoms with E-state index in [0.717, 1.165) is 12.5 Å². The molecule has 0 radical (unpaired) electrons. The van der Waals surface area contributed by atoms with Crippen molar-refractivity contribution >= 4 is 23.3 Å². The summed E-state index contributed by atoms with van der Waals surface area (Å²) in [6.45, 7) is -0.0382. The van der Waals surface area contributed by atoms with Crippen molar-refractivity contribution in [2.24, 2.45) is 0 Å². The summed E-state index contributed by atoms with van der Waals surface area (Å²) in [7, 11) is 1.36. The highest BCUT2D eigenvalue weighted by Gasteiger charge is 2.26. The molecule has 0 N–H and O–H groups in total. The van der Waals surface area contributed by atoms with Gasteiger partial charge >= 0.3 is 5.97 Å². The van der Waals surface area contributed by atoms with E-state index in [1.807, 2.05) is 0 Å². The SMILES string of the molecule is COc1ccc(F)cc1C(=O)COC(=O)c1ccccc1N1CCCC1=O. The molecule has 1 fully saturated rings. The van der Waals surface area contributed by atoms with Gasteiger partial charge in [-0.25, -0.2) is 9.18 Å². The molecular weight excluding hydrogens is 353 g/mol. The average molecular weight is 371 g/mol. The molecule has 27 heavy (non-hydrogen) atoms. The highest BCUT2D eigenvalue weighted by atomic mass is 19.1. The summed E-state index contributed by atoms with van der Waals surface area (Å²) in [5.74, 6) is -1.77. The Morgan fingerprint density at radius 2 is 1.93 bits per heavy atom. The van der Waals surface area contributed by atoms with Gasteiger partial charge in [0.25, 0.3) is 0 Å². The molecule has 140 valence electrons. The fourth-order valence-corrected chi connectivity index (χ4v) is 2.97. The maximum atomic E-state index is 13.4. The van der Waals surface area contributed by atoms with Crippen molar-refractivity contribution in [3.63, 3.8) is 0 Å². The standard InChI is InChI=1S/C20H18FNO5/c1-26-18-9-8-13(21)11-15(18)17(23)12-27-20(25)14-5-2-3-6-16(14)22-10-4-7-19(22)24/h2-3,5-6,8-9,11H,4,7,10,12H2,1H3. The van der Waals surface area contributed by atoms with Crippen LogP contribution in [0.2, 0.25) is 0 Å². The van der Waals surface area contributed by atoms with Gasteiger partial charge in [-0.3, -0.25) is 9.59 Å². The Bertz CT molecular complexity index is 896. The van der Waals surface area contributed by atoms with Gasteiger partial charge in [0.15, 0.2) is 6.61 Å². The number of carbonyl (C=O) groups is 3. The Labute approximate surface area is 155 Å². The molecule has 1 heterocycles. The number of halogens is 1. The van der Waals surface area contributed by atoms with Gasteiger partial charge in [0, 0.05) is 13.0 Å². The molecule has 1 aliphatic rings. The molecule has 6 nitrogen and oxygen atoms in total. The number of ketones is 1. The van der Waals surface area contributed by atoms with Crippen LogP contribution in [-0.2, 0) is 9.53 Å². The number of esters is 1. The molecule has 0 aromatic heterocycles. The topological polar surface area (TPSA) is 72.9 Å². The molecule has 0 spiro atoms. The second-order valence-electron chi connectivity index (χ2n) is 6.01. The molecule has 1 aliphatic heterocycles. The summed E-state index contributed by atoms with van der Waals surface area (Å²) in [6, 6.07) is 10.1. The number of benzene rings is 2. The van der Waals surface area contributed by atoms with E-state index in [0.29, 0.717) is 18.7 Å². The van der Waals surface area contributed by atoms with Gasteiger partial charge in [-0.1, -0.05) is 12.1 Å². The summed E-state index contributed by atoms with van der Waals surface area (Å²) < 4.78 is 23.6. The van der Waals surface area contributed by atoms with E-state index in [1.165, 1.54) is 30.2 Å². The molecule has 1 saturated heterocycles. The minimum absolute atomic E-state index is 0.00620. The van der Waals surface area contributed by atoms with Gasteiger partial charge in [0.1, 0.15) is 11.6 Å². The number of methoxy groups -OCH3 is 1. The molecular formula is C20H18FNO5. The fraction of sp³-hybridized carbons (Fsp3) is 0.250. The maximum absolute atomic E-state index is 13.4. The first-order chi connectivity index (χ1) is 13.0. The minimum Gasteiger partial charge on any atom is -0.496 e. The first-order valence-electron chi connectivity index (χ1n) is 8.44. The lowest BCUT2D eigenvalue weighted by atomic mass is 10.1. The Kier molecular flexibility index (Phi) is 5.49. The number of nitrogens with zero attached hydrogens (tertiary/aromatic N) is 1. The van der Waals surface area contributed by atoms with Gasteiger partial charge in [-0.2, -0.15) is 0 Å². The van der Waals surface area contributed by atoms with Crippen LogP contribution in [0.25, 0.3) is 0 Å².